The summed E-state index contributed by atoms with van der Waals surface area (Å²) in [4.78, 5) is 2.56. The topological polar surface area (TPSA) is 23.5 Å². The Balaban J connectivity index is 0.00000112. The quantitative estimate of drug-likeness (QED) is 0.779. The Bertz CT molecular complexity index is 186. The summed E-state index contributed by atoms with van der Waals surface area (Å²) in [6.45, 7) is 6.39. The van der Waals surface area contributed by atoms with Gasteiger partial charge in [-0.05, 0) is 44.7 Å². The average Bonchev–Trinajstić information content (AvgIpc) is 3.00. The Morgan fingerprint density at radius 1 is 1.27 bits per heavy atom. The van der Waals surface area contributed by atoms with E-state index in [1.54, 1.807) is 0 Å². The first kappa shape index (κ1) is 12.9. The van der Waals surface area contributed by atoms with Gasteiger partial charge in [0.25, 0.3) is 0 Å². The van der Waals surface area contributed by atoms with Crippen molar-refractivity contribution < 1.29 is 9.81 Å². The lowest BCUT2D eigenvalue weighted by atomic mass is 9.93. The lowest BCUT2D eigenvalue weighted by Gasteiger charge is -2.33. The van der Waals surface area contributed by atoms with Crippen molar-refractivity contribution in [1.82, 2.24) is 4.90 Å². The lowest BCUT2D eigenvalue weighted by molar-refractivity contribution is 0.116. The second-order valence-corrected chi connectivity index (χ2v) is 5.29. The summed E-state index contributed by atoms with van der Waals surface area (Å²) in [6, 6.07) is 0. The molecule has 0 spiro atoms. The number of piperidine rings is 1. The monoisotopic (exact) mass is 217 g/mol. The van der Waals surface area contributed by atoms with Crippen LogP contribution < -0.4 is 0 Å². The molecular formula is C12H24FNO. The number of likely N-dealkylation sites (tertiary alicyclic amines) is 1. The van der Waals surface area contributed by atoms with Crippen LogP contribution in [0.3, 0.4) is 0 Å². The number of aliphatic hydroxyl groups excluding tert-OH is 1. The lowest BCUT2D eigenvalue weighted by Crippen LogP contribution is -2.38. The molecule has 0 aromatic heterocycles. The van der Waals surface area contributed by atoms with E-state index in [0.717, 1.165) is 12.5 Å². The van der Waals surface area contributed by atoms with Gasteiger partial charge in [-0.3, -0.25) is 4.70 Å². The highest BCUT2D eigenvalue weighted by Gasteiger charge is 2.43. The summed E-state index contributed by atoms with van der Waals surface area (Å²) in [5.41, 5.74) is 0.319. The van der Waals surface area contributed by atoms with Crippen molar-refractivity contribution in [2.24, 2.45) is 11.3 Å². The van der Waals surface area contributed by atoms with Crippen LogP contribution in [0.1, 0.15) is 39.0 Å². The molecule has 0 aromatic carbocycles. The van der Waals surface area contributed by atoms with Crippen molar-refractivity contribution in [3.8, 4) is 0 Å². The van der Waals surface area contributed by atoms with Crippen LogP contribution in [-0.2, 0) is 0 Å². The molecule has 2 rings (SSSR count). The second-order valence-electron chi connectivity index (χ2n) is 5.29. The molecule has 0 bridgehead atoms. The predicted molar refractivity (Wildman–Crippen MR) is 60.7 cm³/mol. The predicted octanol–water partition coefficient (Wildman–Crippen LogP) is 2.03. The van der Waals surface area contributed by atoms with Crippen LogP contribution >= 0.6 is 0 Å². The van der Waals surface area contributed by atoms with Gasteiger partial charge in [0.15, 0.2) is 0 Å². The van der Waals surface area contributed by atoms with E-state index in [1.165, 1.54) is 45.2 Å². The van der Waals surface area contributed by atoms with E-state index in [1.807, 2.05) is 0 Å². The van der Waals surface area contributed by atoms with Gasteiger partial charge in [-0.15, -0.1) is 0 Å². The molecule has 0 unspecified atom stereocenters. The van der Waals surface area contributed by atoms with Gasteiger partial charge in [0.05, 0.1) is 0 Å². The summed E-state index contributed by atoms with van der Waals surface area (Å²) in [5.74, 6) is 0.968. The summed E-state index contributed by atoms with van der Waals surface area (Å²) in [7, 11) is 0. The third-order valence-corrected chi connectivity index (χ3v) is 4.14. The SMILES string of the molecule is CCC1CCN(CC2(CO)CC2)CC1.F. The highest BCUT2D eigenvalue weighted by Crippen LogP contribution is 2.46. The van der Waals surface area contributed by atoms with E-state index in [4.69, 9.17) is 0 Å². The summed E-state index contributed by atoms with van der Waals surface area (Å²) in [5, 5.41) is 9.26. The molecular weight excluding hydrogens is 193 g/mol. The standard InChI is InChI=1S/C12H23NO.FH/c1-2-11-3-7-13(8-4-11)9-12(10-14)5-6-12;/h11,14H,2-10H2,1H3;1H. The molecule has 1 heterocycles. The first-order valence-corrected chi connectivity index (χ1v) is 6.11. The maximum atomic E-state index is 9.26. The average molecular weight is 217 g/mol. The molecule has 3 heteroatoms. The molecule has 0 aromatic rings. The number of halogens is 1. The first-order valence-electron chi connectivity index (χ1n) is 6.11. The Hall–Kier alpha value is -0.150. The van der Waals surface area contributed by atoms with Gasteiger partial charge >= 0.3 is 0 Å². The molecule has 1 aliphatic heterocycles. The Morgan fingerprint density at radius 3 is 2.27 bits per heavy atom. The molecule has 2 nitrogen and oxygen atoms in total. The minimum Gasteiger partial charge on any atom is -0.396 e. The Kier molecular flexibility index (Phi) is 4.53. The molecule has 0 atom stereocenters. The molecule has 0 amide bonds. The molecule has 15 heavy (non-hydrogen) atoms. The van der Waals surface area contributed by atoms with Crippen molar-refractivity contribution in [1.29, 1.82) is 0 Å². The number of aliphatic hydroxyl groups is 1. The van der Waals surface area contributed by atoms with Crippen LogP contribution in [0.25, 0.3) is 0 Å². The second kappa shape index (κ2) is 5.26. The van der Waals surface area contributed by atoms with Crippen molar-refractivity contribution >= 4 is 0 Å². The number of hydrogen-bond acceptors (Lipinski definition) is 2. The van der Waals surface area contributed by atoms with Gasteiger partial charge < -0.3 is 10.0 Å². The van der Waals surface area contributed by atoms with Gasteiger partial charge in [-0.1, -0.05) is 13.3 Å². The van der Waals surface area contributed by atoms with Crippen LogP contribution in [0.2, 0.25) is 0 Å². The first-order chi connectivity index (χ1) is 6.78. The van der Waals surface area contributed by atoms with Gasteiger partial charge in [-0.2, -0.15) is 0 Å². The van der Waals surface area contributed by atoms with E-state index in [0.29, 0.717) is 12.0 Å². The minimum absolute atomic E-state index is 0. The van der Waals surface area contributed by atoms with E-state index in [-0.39, 0.29) is 4.70 Å². The molecule has 2 fully saturated rings. The third-order valence-electron chi connectivity index (χ3n) is 4.14. The maximum absolute atomic E-state index is 9.26. The molecule has 90 valence electrons. The molecule has 1 aliphatic carbocycles. The summed E-state index contributed by atoms with van der Waals surface area (Å²) in [6.07, 6.45) is 6.59. The third kappa shape index (κ3) is 3.15. The summed E-state index contributed by atoms with van der Waals surface area (Å²) >= 11 is 0. The normalized spacial score (nSPS) is 26.0. The largest absolute Gasteiger partial charge is 0.396 e. The number of nitrogens with zero attached hydrogens (tertiary/aromatic N) is 1. The molecule has 1 N–H and O–H groups in total. The van der Waals surface area contributed by atoms with Crippen LogP contribution in [0.5, 0.6) is 0 Å². The highest BCUT2D eigenvalue weighted by molar-refractivity contribution is 4.95. The number of hydrogen-bond donors (Lipinski definition) is 1. The molecule has 0 radical (unpaired) electrons. The fraction of sp³-hybridized carbons (Fsp3) is 1.00. The molecule has 2 aliphatic rings. The van der Waals surface area contributed by atoms with Crippen LogP contribution in [0, 0.1) is 11.3 Å². The van der Waals surface area contributed by atoms with Crippen LogP contribution in [0.4, 0.5) is 4.70 Å². The Labute approximate surface area is 92.0 Å². The zero-order valence-corrected chi connectivity index (χ0v) is 9.74. The van der Waals surface area contributed by atoms with E-state index >= 15 is 0 Å². The van der Waals surface area contributed by atoms with E-state index in [9.17, 15) is 5.11 Å². The van der Waals surface area contributed by atoms with Crippen molar-refractivity contribution in [3.05, 3.63) is 0 Å². The fourth-order valence-corrected chi connectivity index (χ4v) is 2.57. The Morgan fingerprint density at radius 2 is 1.87 bits per heavy atom. The molecule has 1 saturated carbocycles. The van der Waals surface area contributed by atoms with E-state index in [2.05, 4.69) is 11.8 Å². The zero-order valence-electron chi connectivity index (χ0n) is 9.74. The van der Waals surface area contributed by atoms with Crippen molar-refractivity contribution in [2.45, 2.75) is 39.0 Å². The van der Waals surface area contributed by atoms with Crippen LogP contribution in [0.15, 0.2) is 0 Å². The van der Waals surface area contributed by atoms with Gasteiger partial charge in [-0.25, -0.2) is 0 Å². The molecule has 1 saturated heterocycles. The van der Waals surface area contributed by atoms with Gasteiger partial charge in [0.1, 0.15) is 0 Å². The minimum atomic E-state index is 0. The van der Waals surface area contributed by atoms with Crippen molar-refractivity contribution in [3.63, 3.8) is 0 Å². The van der Waals surface area contributed by atoms with E-state index < -0.39 is 0 Å². The smallest absolute Gasteiger partial charge is 0.0499 e. The van der Waals surface area contributed by atoms with Gasteiger partial charge in [0, 0.05) is 18.6 Å². The van der Waals surface area contributed by atoms with Gasteiger partial charge in [0.2, 0.25) is 0 Å². The highest BCUT2D eigenvalue weighted by atomic mass is 19.0. The number of rotatable bonds is 4. The zero-order chi connectivity index (χ0) is 10.0. The van der Waals surface area contributed by atoms with Crippen LogP contribution in [-0.4, -0.2) is 36.2 Å². The fourth-order valence-electron chi connectivity index (χ4n) is 2.57. The summed E-state index contributed by atoms with van der Waals surface area (Å²) < 4.78 is 0. The maximum Gasteiger partial charge on any atom is 0.0499 e. The van der Waals surface area contributed by atoms with Crippen molar-refractivity contribution in [2.75, 3.05) is 26.2 Å².